The van der Waals surface area contributed by atoms with Gasteiger partial charge >= 0.3 is 11.9 Å². The van der Waals surface area contributed by atoms with E-state index in [0.717, 1.165) is 12.1 Å². The van der Waals surface area contributed by atoms with Crippen LogP contribution in [-0.4, -0.2) is 23.2 Å². The average molecular weight is 284 g/mol. The third-order valence-electron chi connectivity index (χ3n) is 3.42. The summed E-state index contributed by atoms with van der Waals surface area (Å²) in [6.45, 7) is 0.931. The molecule has 0 bridgehead atoms. The van der Waals surface area contributed by atoms with Crippen LogP contribution < -0.4 is 5.69 Å². The molecule has 1 aromatic carbocycles. The standard InChI is InChI=1S/C13H11F3N2O2/c14-13(15,16)8-1-2-10-9(5-8)11(18-12(19)17-10)7-3-4-20-6-7/h1-2,5,7H,3-4,6H2,(H,17,18,19). The Labute approximate surface area is 111 Å². The maximum atomic E-state index is 12.8. The maximum absolute atomic E-state index is 12.8. The van der Waals surface area contributed by atoms with Gasteiger partial charge in [0, 0.05) is 23.6 Å². The zero-order valence-corrected chi connectivity index (χ0v) is 10.3. The van der Waals surface area contributed by atoms with Gasteiger partial charge in [-0.1, -0.05) is 0 Å². The number of aromatic nitrogens is 2. The van der Waals surface area contributed by atoms with E-state index in [1.807, 2.05) is 0 Å². The first-order valence-corrected chi connectivity index (χ1v) is 6.14. The highest BCUT2D eigenvalue weighted by atomic mass is 19.4. The molecule has 106 valence electrons. The van der Waals surface area contributed by atoms with Gasteiger partial charge in [-0.15, -0.1) is 0 Å². The molecule has 3 rings (SSSR count). The molecule has 20 heavy (non-hydrogen) atoms. The minimum atomic E-state index is -4.42. The van der Waals surface area contributed by atoms with Crippen molar-refractivity contribution in [2.45, 2.75) is 18.5 Å². The fraction of sp³-hybridized carbons (Fsp3) is 0.385. The molecule has 0 aliphatic carbocycles. The Hall–Kier alpha value is -1.89. The molecular weight excluding hydrogens is 273 g/mol. The number of hydrogen-bond acceptors (Lipinski definition) is 3. The van der Waals surface area contributed by atoms with Crippen LogP contribution in [0.15, 0.2) is 23.0 Å². The highest BCUT2D eigenvalue weighted by Crippen LogP contribution is 2.34. The quantitative estimate of drug-likeness (QED) is 0.875. The van der Waals surface area contributed by atoms with Crippen molar-refractivity contribution in [1.29, 1.82) is 0 Å². The molecule has 1 fully saturated rings. The minimum absolute atomic E-state index is 0.100. The molecule has 1 aliphatic rings. The summed E-state index contributed by atoms with van der Waals surface area (Å²) in [4.78, 5) is 17.8. The summed E-state index contributed by atoms with van der Waals surface area (Å²) in [6.07, 6.45) is -3.75. The van der Waals surface area contributed by atoms with Gasteiger partial charge in [0.15, 0.2) is 0 Å². The molecule has 7 heteroatoms. The van der Waals surface area contributed by atoms with E-state index in [1.54, 1.807) is 0 Å². The molecule has 1 aromatic heterocycles. The Morgan fingerprint density at radius 3 is 2.80 bits per heavy atom. The van der Waals surface area contributed by atoms with Crippen LogP contribution in [0.25, 0.3) is 10.9 Å². The fourth-order valence-corrected chi connectivity index (χ4v) is 2.43. The third kappa shape index (κ3) is 2.29. The predicted octanol–water partition coefficient (Wildman–Crippen LogP) is 2.45. The minimum Gasteiger partial charge on any atom is -0.381 e. The van der Waals surface area contributed by atoms with Gasteiger partial charge in [0.2, 0.25) is 0 Å². The van der Waals surface area contributed by atoms with Gasteiger partial charge in [0.25, 0.3) is 0 Å². The van der Waals surface area contributed by atoms with Crippen molar-refractivity contribution in [3.63, 3.8) is 0 Å². The van der Waals surface area contributed by atoms with Crippen LogP contribution in [0.3, 0.4) is 0 Å². The summed E-state index contributed by atoms with van der Waals surface area (Å²) >= 11 is 0. The van der Waals surface area contributed by atoms with Gasteiger partial charge in [0.05, 0.1) is 17.7 Å². The van der Waals surface area contributed by atoms with E-state index >= 15 is 0 Å². The first-order chi connectivity index (χ1) is 9.45. The monoisotopic (exact) mass is 284 g/mol. The summed E-state index contributed by atoms with van der Waals surface area (Å²) < 4.78 is 43.6. The molecule has 4 nitrogen and oxygen atoms in total. The number of nitrogens with one attached hydrogen (secondary N) is 1. The Balaban J connectivity index is 2.23. The van der Waals surface area contributed by atoms with Gasteiger partial charge in [-0.25, -0.2) is 4.79 Å². The molecule has 2 aromatic rings. The van der Waals surface area contributed by atoms with E-state index in [2.05, 4.69) is 9.97 Å². The van der Waals surface area contributed by atoms with E-state index < -0.39 is 17.4 Å². The van der Waals surface area contributed by atoms with Crippen molar-refractivity contribution in [3.05, 3.63) is 39.9 Å². The molecule has 1 unspecified atom stereocenters. The number of hydrogen-bond donors (Lipinski definition) is 1. The molecule has 1 saturated heterocycles. The van der Waals surface area contributed by atoms with Crippen LogP contribution in [0.4, 0.5) is 13.2 Å². The summed E-state index contributed by atoms with van der Waals surface area (Å²) in [5.41, 5.74) is -0.564. The first-order valence-electron chi connectivity index (χ1n) is 6.14. The Kier molecular flexibility index (Phi) is 3.01. The largest absolute Gasteiger partial charge is 0.416 e. The van der Waals surface area contributed by atoms with Crippen LogP contribution in [-0.2, 0) is 10.9 Å². The lowest BCUT2D eigenvalue weighted by atomic mass is 9.99. The van der Waals surface area contributed by atoms with Gasteiger partial charge in [-0.3, -0.25) is 0 Å². The number of fused-ring (bicyclic) bond motifs is 1. The number of benzene rings is 1. The molecule has 1 aliphatic heterocycles. The van der Waals surface area contributed by atoms with E-state index in [9.17, 15) is 18.0 Å². The van der Waals surface area contributed by atoms with Crippen LogP contribution >= 0.6 is 0 Å². The zero-order chi connectivity index (χ0) is 14.3. The highest BCUT2D eigenvalue weighted by Gasteiger charge is 2.31. The van der Waals surface area contributed by atoms with Crippen molar-refractivity contribution in [2.75, 3.05) is 13.2 Å². The average Bonchev–Trinajstić information content (AvgIpc) is 2.89. The van der Waals surface area contributed by atoms with Crippen LogP contribution in [0.1, 0.15) is 23.6 Å². The van der Waals surface area contributed by atoms with Crippen molar-refractivity contribution in [2.24, 2.45) is 0 Å². The number of nitrogens with zero attached hydrogens (tertiary/aromatic N) is 1. The second kappa shape index (κ2) is 4.59. The topological polar surface area (TPSA) is 55.0 Å². The Morgan fingerprint density at radius 2 is 2.15 bits per heavy atom. The smallest absolute Gasteiger partial charge is 0.381 e. The van der Waals surface area contributed by atoms with E-state index in [0.29, 0.717) is 30.7 Å². The lowest BCUT2D eigenvalue weighted by Crippen LogP contribution is -2.16. The number of aromatic amines is 1. The first kappa shape index (κ1) is 13.1. The van der Waals surface area contributed by atoms with Crippen molar-refractivity contribution < 1.29 is 17.9 Å². The van der Waals surface area contributed by atoms with Gasteiger partial charge in [-0.05, 0) is 24.6 Å². The number of rotatable bonds is 1. The van der Waals surface area contributed by atoms with E-state index in [4.69, 9.17) is 4.74 Å². The molecule has 1 atom stereocenters. The zero-order valence-electron chi connectivity index (χ0n) is 10.3. The molecule has 2 heterocycles. The van der Waals surface area contributed by atoms with E-state index in [1.165, 1.54) is 6.07 Å². The summed E-state index contributed by atoms with van der Waals surface area (Å²) in [6, 6.07) is 3.20. The molecule has 0 amide bonds. The SMILES string of the molecule is O=c1nc2ccc(C(F)(F)F)cc2c(C2CCOC2)[nH]1. The van der Waals surface area contributed by atoms with Crippen LogP contribution in [0.5, 0.6) is 0 Å². The number of halogens is 3. The van der Waals surface area contributed by atoms with Gasteiger partial charge in [-0.2, -0.15) is 18.2 Å². The molecular formula is C13H11F3N2O2. The number of alkyl halides is 3. The van der Waals surface area contributed by atoms with Crippen LogP contribution in [0, 0.1) is 0 Å². The molecule has 0 saturated carbocycles. The number of H-pyrrole nitrogens is 1. The van der Waals surface area contributed by atoms with Crippen molar-refractivity contribution in [1.82, 2.24) is 9.97 Å². The summed E-state index contributed by atoms with van der Waals surface area (Å²) in [5.74, 6) is -0.100. The Morgan fingerprint density at radius 1 is 1.35 bits per heavy atom. The maximum Gasteiger partial charge on any atom is 0.416 e. The Bertz CT molecular complexity index is 703. The van der Waals surface area contributed by atoms with Crippen molar-refractivity contribution >= 4 is 10.9 Å². The van der Waals surface area contributed by atoms with Crippen molar-refractivity contribution in [3.8, 4) is 0 Å². The third-order valence-corrected chi connectivity index (χ3v) is 3.42. The molecule has 0 spiro atoms. The molecule has 1 N–H and O–H groups in total. The lowest BCUT2D eigenvalue weighted by molar-refractivity contribution is -0.137. The summed E-state index contributed by atoms with van der Waals surface area (Å²) in [7, 11) is 0. The highest BCUT2D eigenvalue weighted by molar-refractivity contribution is 5.82. The predicted molar refractivity (Wildman–Crippen MR) is 65.5 cm³/mol. The second-order valence-corrected chi connectivity index (χ2v) is 4.75. The second-order valence-electron chi connectivity index (χ2n) is 4.75. The van der Waals surface area contributed by atoms with Gasteiger partial charge in [0.1, 0.15) is 0 Å². The van der Waals surface area contributed by atoms with Gasteiger partial charge < -0.3 is 9.72 Å². The molecule has 0 radical (unpaired) electrons. The fourth-order valence-electron chi connectivity index (χ4n) is 2.43. The number of ether oxygens (including phenoxy) is 1. The van der Waals surface area contributed by atoms with Crippen LogP contribution in [0.2, 0.25) is 0 Å². The normalized spacial score (nSPS) is 19.6. The lowest BCUT2D eigenvalue weighted by Gasteiger charge is -2.13. The van der Waals surface area contributed by atoms with E-state index in [-0.39, 0.29) is 11.4 Å². The summed E-state index contributed by atoms with van der Waals surface area (Å²) in [5, 5.41) is 0.329.